The fraction of sp³-hybridized carbons (Fsp3) is 0.154. The van der Waals surface area contributed by atoms with Gasteiger partial charge in [0.1, 0.15) is 0 Å². The van der Waals surface area contributed by atoms with Gasteiger partial charge in [-0.1, -0.05) is 45.5 Å². The van der Waals surface area contributed by atoms with Gasteiger partial charge in [0.2, 0.25) is 5.13 Å². The van der Waals surface area contributed by atoms with Crippen LogP contribution in [0.2, 0.25) is 0 Å². The molecule has 0 aliphatic rings. The number of anilines is 1. The van der Waals surface area contributed by atoms with Crippen molar-refractivity contribution in [1.29, 1.82) is 0 Å². The van der Waals surface area contributed by atoms with Gasteiger partial charge < -0.3 is 0 Å². The Morgan fingerprint density at radius 1 is 1.47 bits per heavy atom. The van der Waals surface area contributed by atoms with E-state index in [1.54, 1.807) is 6.21 Å². The predicted molar refractivity (Wildman–Crippen MR) is 82.2 cm³/mol. The second kappa shape index (κ2) is 6.08. The lowest BCUT2D eigenvalue weighted by Crippen LogP contribution is -1.90. The summed E-state index contributed by atoms with van der Waals surface area (Å²) in [7, 11) is 0. The maximum atomic E-state index is 11.3. The molecule has 98 valence electrons. The minimum Gasteiger partial charge on any atom is -0.294 e. The number of benzene rings is 1. The Labute approximate surface area is 123 Å². The molecule has 1 heterocycles. The predicted octanol–water partition coefficient (Wildman–Crippen LogP) is 3.86. The van der Waals surface area contributed by atoms with Gasteiger partial charge >= 0.3 is 0 Å². The fourth-order valence-electron chi connectivity index (χ4n) is 1.51. The van der Waals surface area contributed by atoms with Gasteiger partial charge in [-0.05, 0) is 13.0 Å². The van der Waals surface area contributed by atoms with E-state index in [-0.39, 0.29) is 5.78 Å². The number of hydrogen-bond acceptors (Lipinski definition) is 5. The molecule has 0 atom stereocenters. The fourth-order valence-corrected chi connectivity index (χ4v) is 2.71. The molecule has 2 aromatic rings. The minimum atomic E-state index is 0.0258. The SMILES string of the molecule is CC(=O)c1sc(NN=Cc2ccccc2Br)nc1C. The zero-order valence-corrected chi connectivity index (χ0v) is 12.9. The molecule has 6 heteroatoms. The van der Waals surface area contributed by atoms with Crippen LogP contribution in [0.1, 0.15) is 27.9 Å². The number of nitrogens with zero attached hydrogens (tertiary/aromatic N) is 2. The molecule has 0 radical (unpaired) electrons. The maximum Gasteiger partial charge on any atom is 0.204 e. The number of aromatic nitrogens is 1. The molecule has 0 unspecified atom stereocenters. The molecule has 0 aliphatic heterocycles. The summed E-state index contributed by atoms with van der Waals surface area (Å²) in [4.78, 5) is 16.2. The third kappa shape index (κ3) is 3.48. The van der Waals surface area contributed by atoms with Gasteiger partial charge in [-0.25, -0.2) is 4.98 Å². The summed E-state index contributed by atoms with van der Waals surface area (Å²) in [6, 6.07) is 7.78. The van der Waals surface area contributed by atoms with Crippen molar-refractivity contribution in [3.8, 4) is 0 Å². The molecule has 1 N–H and O–H groups in total. The number of rotatable bonds is 4. The Balaban J connectivity index is 2.09. The molecule has 1 aromatic carbocycles. The molecule has 0 saturated heterocycles. The van der Waals surface area contributed by atoms with Crippen LogP contribution in [0.5, 0.6) is 0 Å². The van der Waals surface area contributed by atoms with Crippen molar-refractivity contribution in [2.75, 3.05) is 5.43 Å². The largest absolute Gasteiger partial charge is 0.294 e. The van der Waals surface area contributed by atoms with E-state index in [9.17, 15) is 4.79 Å². The lowest BCUT2D eigenvalue weighted by molar-refractivity contribution is 0.102. The third-order valence-electron chi connectivity index (χ3n) is 2.39. The summed E-state index contributed by atoms with van der Waals surface area (Å²) in [6.07, 6.45) is 1.70. The maximum absolute atomic E-state index is 11.3. The van der Waals surface area contributed by atoms with Crippen LogP contribution in [0.4, 0.5) is 5.13 Å². The van der Waals surface area contributed by atoms with Gasteiger partial charge in [-0.15, -0.1) is 0 Å². The van der Waals surface area contributed by atoms with E-state index in [1.807, 2.05) is 31.2 Å². The first-order valence-electron chi connectivity index (χ1n) is 5.60. The molecule has 0 aliphatic carbocycles. The Hall–Kier alpha value is -1.53. The van der Waals surface area contributed by atoms with Crippen molar-refractivity contribution in [3.63, 3.8) is 0 Å². The lowest BCUT2D eigenvalue weighted by atomic mass is 10.2. The van der Waals surface area contributed by atoms with Crippen LogP contribution in [0, 0.1) is 6.92 Å². The van der Waals surface area contributed by atoms with Crippen LogP contribution in [0.15, 0.2) is 33.8 Å². The van der Waals surface area contributed by atoms with Gasteiger partial charge in [-0.2, -0.15) is 5.10 Å². The van der Waals surface area contributed by atoms with Crippen LogP contribution in [0.3, 0.4) is 0 Å². The smallest absolute Gasteiger partial charge is 0.204 e. The number of carbonyl (C=O) groups excluding carboxylic acids is 1. The Kier molecular flexibility index (Phi) is 4.44. The standard InChI is InChI=1S/C13H12BrN3OS/c1-8-12(9(2)18)19-13(16-8)17-15-7-10-5-3-4-6-11(10)14/h3-7H,1-2H3,(H,16,17). The highest BCUT2D eigenvalue weighted by atomic mass is 79.9. The zero-order valence-electron chi connectivity index (χ0n) is 10.5. The number of hydrogen-bond donors (Lipinski definition) is 1. The number of nitrogens with one attached hydrogen (secondary N) is 1. The molecule has 0 saturated carbocycles. The van der Waals surface area contributed by atoms with Crippen molar-refractivity contribution >= 4 is 44.4 Å². The number of ketones is 1. The highest BCUT2D eigenvalue weighted by Gasteiger charge is 2.10. The third-order valence-corrected chi connectivity index (χ3v) is 4.27. The summed E-state index contributed by atoms with van der Waals surface area (Å²) in [6.45, 7) is 3.35. The molecular formula is C13H12BrN3OS. The molecule has 0 bridgehead atoms. The highest BCUT2D eigenvalue weighted by Crippen LogP contribution is 2.22. The molecule has 0 fully saturated rings. The number of carbonyl (C=O) groups is 1. The summed E-state index contributed by atoms with van der Waals surface area (Å²) >= 11 is 4.75. The van der Waals surface area contributed by atoms with Crippen molar-refractivity contribution in [1.82, 2.24) is 4.98 Å². The number of thiazole rings is 1. The van der Waals surface area contributed by atoms with Crippen molar-refractivity contribution in [2.24, 2.45) is 5.10 Å². The van der Waals surface area contributed by atoms with E-state index >= 15 is 0 Å². The molecular weight excluding hydrogens is 326 g/mol. The van der Waals surface area contributed by atoms with E-state index in [0.717, 1.165) is 15.7 Å². The lowest BCUT2D eigenvalue weighted by Gasteiger charge is -1.96. The second-order valence-corrected chi connectivity index (χ2v) is 5.73. The first-order chi connectivity index (χ1) is 9.08. The highest BCUT2D eigenvalue weighted by molar-refractivity contribution is 9.10. The Morgan fingerprint density at radius 2 is 2.21 bits per heavy atom. The van der Waals surface area contributed by atoms with Gasteiger partial charge in [0, 0.05) is 17.0 Å². The van der Waals surface area contributed by atoms with Gasteiger partial charge in [-0.3, -0.25) is 10.2 Å². The first kappa shape index (κ1) is 13.9. The Bertz CT molecular complexity index is 637. The van der Waals surface area contributed by atoms with Gasteiger partial charge in [0.25, 0.3) is 0 Å². The number of Topliss-reactive ketones (excluding diaryl/α,β-unsaturated/α-hetero) is 1. The van der Waals surface area contributed by atoms with E-state index in [0.29, 0.717) is 10.0 Å². The van der Waals surface area contributed by atoms with E-state index in [2.05, 4.69) is 31.4 Å². The van der Waals surface area contributed by atoms with Crippen LogP contribution >= 0.6 is 27.3 Å². The van der Waals surface area contributed by atoms with Gasteiger partial charge in [0.15, 0.2) is 5.78 Å². The van der Waals surface area contributed by atoms with Crippen molar-refractivity contribution in [3.05, 3.63) is 44.9 Å². The topological polar surface area (TPSA) is 54.4 Å². The molecule has 4 nitrogen and oxygen atoms in total. The first-order valence-corrected chi connectivity index (χ1v) is 7.21. The summed E-state index contributed by atoms with van der Waals surface area (Å²) in [5.41, 5.74) is 4.54. The summed E-state index contributed by atoms with van der Waals surface area (Å²) < 4.78 is 0.972. The molecule has 19 heavy (non-hydrogen) atoms. The summed E-state index contributed by atoms with van der Waals surface area (Å²) in [5, 5.41) is 4.73. The molecule has 2 rings (SSSR count). The zero-order chi connectivity index (χ0) is 13.8. The molecule has 1 aromatic heterocycles. The van der Waals surface area contributed by atoms with E-state index in [4.69, 9.17) is 0 Å². The van der Waals surface area contributed by atoms with Gasteiger partial charge in [0.05, 0.1) is 16.8 Å². The normalized spacial score (nSPS) is 10.9. The summed E-state index contributed by atoms with van der Waals surface area (Å²) in [5.74, 6) is 0.0258. The van der Waals surface area contributed by atoms with Crippen LogP contribution in [0.25, 0.3) is 0 Å². The van der Waals surface area contributed by atoms with E-state index in [1.165, 1.54) is 18.3 Å². The minimum absolute atomic E-state index is 0.0258. The number of aryl methyl sites for hydroxylation is 1. The van der Waals surface area contributed by atoms with Crippen LogP contribution in [-0.4, -0.2) is 17.0 Å². The van der Waals surface area contributed by atoms with E-state index < -0.39 is 0 Å². The van der Waals surface area contributed by atoms with Crippen molar-refractivity contribution in [2.45, 2.75) is 13.8 Å². The second-order valence-electron chi connectivity index (χ2n) is 3.88. The monoisotopic (exact) mass is 337 g/mol. The number of hydrazone groups is 1. The van der Waals surface area contributed by atoms with Crippen LogP contribution < -0.4 is 5.43 Å². The number of halogens is 1. The molecule has 0 spiro atoms. The quantitative estimate of drug-likeness (QED) is 0.523. The average Bonchev–Trinajstić information content (AvgIpc) is 2.73. The Morgan fingerprint density at radius 3 is 2.84 bits per heavy atom. The average molecular weight is 338 g/mol. The van der Waals surface area contributed by atoms with Crippen molar-refractivity contribution < 1.29 is 4.79 Å². The van der Waals surface area contributed by atoms with Crippen LogP contribution in [-0.2, 0) is 0 Å². The molecule has 0 amide bonds.